The van der Waals surface area contributed by atoms with Crippen LogP contribution in [0.1, 0.15) is 55.9 Å². The molecule has 2 aromatic rings. The standard InChI is InChI=1S/C19H25N3O4S/c1-6-14(17(24)25-5)27-18-22-21-15(26-18)11-20-16(23)12-7-9-13(10-8-12)19(2,3)4/h7-10,14H,6,11H2,1-5H3,(H,20,23)/t14-/m1/s1. The summed E-state index contributed by atoms with van der Waals surface area (Å²) in [4.78, 5) is 23.9. The molecule has 8 heteroatoms. The minimum atomic E-state index is -0.403. The quantitative estimate of drug-likeness (QED) is 0.571. The molecule has 0 fully saturated rings. The van der Waals surface area contributed by atoms with Crippen LogP contribution < -0.4 is 5.32 Å². The molecule has 1 amide bonds. The van der Waals surface area contributed by atoms with E-state index in [-0.39, 0.29) is 34.9 Å². The number of benzene rings is 1. The molecule has 1 N–H and O–H groups in total. The lowest BCUT2D eigenvalue weighted by Gasteiger charge is -2.18. The highest BCUT2D eigenvalue weighted by molar-refractivity contribution is 8.00. The first-order chi connectivity index (χ1) is 12.7. The van der Waals surface area contributed by atoms with Gasteiger partial charge in [-0.15, -0.1) is 10.2 Å². The average Bonchev–Trinajstić information content (AvgIpc) is 3.10. The Hall–Kier alpha value is -2.35. The van der Waals surface area contributed by atoms with Crippen LogP contribution in [0, 0.1) is 0 Å². The molecule has 146 valence electrons. The van der Waals surface area contributed by atoms with E-state index in [1.54, 1.807) is 12.1 Å². The molecule has 0 radical (unpaired) electrons. The van der Waals surface area contributed by atoms with Crippen molar-refractivity contribution in [2.75, 3.05) is 7.11 Å². The maximum absolute atomic E-state index is 12.3. The highest BCUT2D eigenvalue weighted by Crippen LogP contribution is 2.25. The third-order valence-corrected chi connectivity index (χ3v) is 5.12. The Balaban J connectivity index is 1.92. The summed E-state index contributed by atoms with van der Waals surface area (Å²) in [5.41, 5.74) is 1.76. The van der Waals surface area contributed by atoms with Crippen LogP contribution in [0.2, 0.25) is 0 Å². The van der Waals surface area contributed by atoms with Gasteiger partial charge in [0.2, 0.25) is 5.89 Å². The lowest BCUT2D eigenvalue weighted by atomic mass is 9.87. The van der Waals surface area contributed by atoms with E-state index in [1.165, 1.54) is 7.11 Å². The lowest BCUT2D eigenvalue weighted by molar-refractivity contribution is -0.140. The molecule has 0 aliphatic carbocycles. The Bertz CT molecular complexity index is 781. The molecule has 1 atom stereocenters. The van der Waals surface area contributed by atoms with Crippen LogP contribution in [-0.4, -0.2) is 34.4 Å². The van der Waals surface area contributed by atoms with Crippen molar-refractivity contribution in [2.45, 2.75) is 56.5 Å². The zero-order valence-corrected chi connectivity index (χ0v) is 17.1. The highest BCUT2D eigenvalue weighted by atomic mass is 32.2. The van der Waals surface area contributed by atoms with Gasteiger partial charge >= 0.3 is 5.97 Å². The molecular formula is C19H25N3O4S. The Labute approximate surface area is 163 Å². The lowest BCUT2D eigenvalue weighted by Crippen LogP contribution is -2.23. The predicted molar refractivity (Wildman–Crippen MR) is 103 cm³/mol. The van der Waals surface area contributed by atoms with Crippen molar-refractivity contribution in [3.8, 4) is 0 Å². The summed E-state index contributed by atoms with van der Waals surface area (Å²) in [6.07, 6.45) is 0.580. The van der Waals surface area contributed by atoms with E-state index in [4.69, 9.17) is 9.15 Å². The van der Waals surface area contributed by atoms with Crippen LogP contribution in [-0.2, 0) is 21.5 Å². The third kappa shape index (κ3) is 5.82. The first kappa shape index (κ1) is 21.0. The van der Waals surface area contributed by atoms with Gasteiger partial charge in [-0.2, -0.15) is 0 Å². The molecule has 0 spiro atoms. The average molecular weight is 391 g/mol. The number of thioether (sulfide) groups is 1. The third-order valence-electron chi connectivity index (χ3n) is 3.94. The van der Waals surface area contributed by atoms with Gasteiger partial charge in [0, 0.05) is 5.56 Å². The molecule has 1 aromatic carbocycles. The molecule has 0 aliphatic rings. The van der Waals surface area contributed by atoms with E-state index in [2.05, 4.69) is 36.3 Å². The molecule has 2 rings (SSSR count). The number of ether oxygens (including phenoxy) is 1. The second kappa shape index (κ2) is 9.03. The molecule has 0 bridgehead atoms. The van der Waals surface area contributed by atoms with Gasteiger partial charge in [-0.1, -0.05) is 51.6 Å². The summed E-state index contributed by atoms with van der Waals surface area (Å²) in [5, 5.41) is 10.4. The van der Waals surface area contributed by atoms with Crippen molar-refractivity contribution < 1.29 is 18.7 Å². The SMILES string of the molecule is CC[C@@H](Sc1nnc(CNC(=O)c2ccc(C(C)(C)C)cc2)o1)C(=O)OC. The number of hydrogen-bond acceptors (Lipinski definition) is 7. The van der Waals surface area contributed by atoms with Gasteiger partial charge in [0.05, 0.1) is 13.7 Å². The van der Waals surface area contributed by atoms with E-state index < -0.39 is 5.25 Å². The number of nitrogens with zero attached hydrogens (tertiary/aromatic N) is 2. The normalized spacial score (nSPS) is 12.5. The first-order valence-electron chi connectivity index (χ1n) is 8.70. The van der Waals surface area contributed by atoms with Crippen molar-refractivity contribution in [1.29, 1.82) is 0 Å². The molecule has 27 heavy (non-hydrogen) atoms. The fourth-order valence-electron chi connectivity index (χ4n) is 2.29. The number of esters is 1. The van der Waals surface area contributed by atoms with Crippen LogP contribution in [0.25, 0.3) is 0 Å². The Morgan fingerprint density at radius 2 is 1.89 bits per heavy atom. The van der Waals surface area contributed by atoms with Crippen molar-refractivity contribution in [3.05, 3.63) is 41.3 Å². The fraction of sp³-hybridized carbons (Fsp3) is 0.474. The minimum absolute atomic E-state index is 0.0351. The number of carbonyl (C=O) groups is 2. The van der Waals surface area contributed by atoms with Gasteiger partial charge in [0.1, 0.15) is 5.25 Å². The topological polar surface area (TPSA) is 94.3 Å². The van der Waals surface area contributed by atoms with Crippen molar-refractivity contribution in [2.24, 2.45) is 0 Å². The van der Waals surface area contributed by atoms with Crippen LogP contribution in [0.5, 0.6) is 0 Å². The number of aromatic nitrogens is 2. The summed E-state index contributed by atoms with van der Waals surface area (Å²) in [7, 11) is 1.34. The van der Waals surface area contributed by atoms with Crippen LogP contribution >= 0.6 is 11.8 Å². The predicted octanol–water partition coefficient (Wildman–Crippen LogP) is 3.34. The number of nitrogens with one attached hydrogen (secondary N) is 1. The van der Waals surface area contributed by atoms with Crippen molar-refractivity contribution in [3.63, 3.8) is 0 Å². The molecule has 0 unspecified atom stereocenters. The minimum Gasteiger partial charge on any atom is -0.468 e. The zero-order chi connectivity index (χ0) is 20.0. The van der Waals surface area contributed by atoms with E-state index in [0.29, 0.717) is 12.0 Å². The fourth-order valence-corrected chi connectivity index (χ4v) is 3.12. The Morgan fingerprint density at radius 1 is 1.22 bits per heavy atom. The number of amides is 1. The van der Waals surface area contributed by atoms with Gasteiger partial charge < -0.3 is 14.5 Å². The van der Waals surface area contributed by atoms with Crippen LogP contribution in [0.4, 0.5) is 0 Å². The molecule has 0 aliphatic heterocycles. The Morgan fingerprint density at radius 3 is 2.44 bits per heavy atom. The largest absolute Gasteiger partial charge is 0.468 e. The van der Waals surface area contributed by atoms with Gasteiger partial charge in [0.25, 0.3) is 11.1 Å². The van der Waals surface area contributed by atoms with Crippen molar-refractivity contribution >= 4 is 23.6 Å². The molecule has 0 saturated heterocycles. The van der Waals surface area contributed by atoms with E-state index >= 15 is 0 Å². The summed E-state index contributed by atoms with van der Waals surface area (Å²) in [5.74, 6) is -0.282. The number of methoxy groups -OCH3 is 1. The highest BCUT2D eigenvalue weighted by Gasteiger charge is 2.22. The van der Waals surface area contributed by atoms with E-state index in [1.807, 2.05) is 19.1 Å². The monoisotopic (exact) mass is 391 g/mol. The summed E-state index contributed by atoms with van der Waals surface area (Å²) in [6, 6.07) is 7.50. The first-order valence-corrected chi connectivity index (χ1v) is 9.58. The summed E-state index contributed by atoms with van der Waals surface area (Å²) in [6.45, 7) is 8.35. The van der Waals surface area contributed by atoms with E-state index in [0.717, 1.165) is 17.3 Å². The maximum Gasteiger partial charge on any atom is 0.319 e. The number of hydrogen-bond donors (Lipinski definition) is 1. The second-order valence-electron chi connectivity index (χ2n) is 7.01. The molecule has 1 aromatic heterocycles. The zero-order valence-electron chi connectivity index (χ0n) is 16.2. The summed E-state index contributed by atoms with van der Waals surface area (Å²) >= 11 is 1.15. The maximum atomic E-state index is 12.3. The van der Waals surface area contributed by atoms with Gasteiger partial charge in [0.15, 0.2) is 0 Å². The smallest absolute Gasteiger partial charge is 0.319 e. The van der Waals surface area contributed by atoms with E-state index in [9.17, 15) is 9.59 Å². The van der Waals surface area contributed by atoms with Crippen LogP contribution in [0.15, 0.2) is 33.9 Å². The van der Waals surface area contributed by atoms with Gasteiger partial charge in [-0.05, 0) is 29.5 Å². The number of rotatable bonds is 7. The van der Waals surface area contributed by atoms with Gasteiger partial charge in [-0.3, -0.25) is 9.59 Å². The molecule has 0 saturated carbocycles. The molecule has 7 nitrogen and oxygen atoms in total. The number of carbonyl (C=O) groups excluding carboxylic acids is 2. The van der Waals surface area contributed by atoms with Gasteiger partial charge in [-0.25, -0.2) is 0 Å². The van der Waals surface area contributed by atoms with Crippen molar-refractivity contribution in [1.82, 2.24) is 15.5 Å². The van der Waals surface area contributed by atoms with Crippen LogP contribution in [0.3, 0.4) is 0 Å². The second-order valence-corrected chi connectivity index (χ2v) is 8.16. The molecule has 1 heterocycles. The molecular weight excluding hydrogens is 366 g/mol. The summed E-state index contributed by atoms with van der Waals surface area (Å²) < 4.78 is 10.2. The Kier molecular flexibility index (Phi) is 7.01.